The lowest BCUT2D eigenvalue weighted by atomic mass is 10.0. The SMILES string of the molecule is CCN(CC)c1nc([C@H]2CC(=O)N(c3ccccc3OC)C2)cc(=O)[nH]1. The number of nitrogens with one attached hydrogen (secondary N) is 1. The van der Waals surface area contributed by atoms with Crippen molar-refractivity contribution in [3.63, 3.8) is 0 Å². The van der Waals surface area contributed by atoms with Crippen molar-refractivity contribution in [2.24, 2.45) is 0 Å². The molecule has 7 heteroatoms. The number of para-hydroxylation sites is 2. The Labute approximate surface area is 152 Å². The molecule has 1 N–H and O–H groups in total. The summed E-state index contributed by atoms with van der Waals surface area (Å²) < 4.78 is 5.37. The predicted octanol–water partition coefficient (Wildman–Crippen LogP) is 2.15. The Morgan fingerprint density at radius 2 is 2.00 bits per heavy atom. The summed E-state index contributed by atoms with van der Waals surface area (Å²) in [6.45, 7) is 6.00. The van der Waals surface area contributed by atoms with Crippen LogP contribution >= 0.6 is 0 Å². The van der Waals surface area contributed by atoms with E-state index < -0.39 is 0 Å². The van der Waals surface area contributed by atoms with E-state index in [1.54, 1.807) is 12.0 Å². The Balaban J connectivity index is 1.90. The van der Waals surface area contributed by atoms with E-state index in [1.807, 2.05) is 43.0 Å². The number of methoxy groups -OCH3 is 1. The number of carbonyl (C=O) groups is 1. The number of carbonyl (C=O) groups excluding carboxylic acids is 1. The van der Waals surface area contributed by atoms with Crippen LogP contribution in [0.1, 0.15) is 31.9 Å². The molecular formula is C19H24N4O3. The van der Waals surface area contributed by atoms with E-state index in [2.05, 4.69) is 9.97 Å². The Kier molecular flexibility index (Phi) is 5.25. The minimum Gasteiger partial charge on any atom is -0.495 e. The number of nitrogens with zero attached hydrogens (tertiary/aromatic N) is 3. The van der Waals surface area contributed by atoms with Crippen LogP contribution in [0.25, 0.3) is 0 Å². The molecule has 26 heavy (non-hydrogen) atoms. The number of benzene rings is 1. The van der Waals surface area contributed by atoms with Crippen LogP contribution in [-0.4, -0.2) is 42.6 Å². The first-order valence-electron chi connectivity index (χ1n) is 8.86. The summed E-state index contributed by atoms with van der Waals surface area (Å²) in [5, 5.41) is 0. The number of ether oxygens (including phenoxy) is 1. The second-order valence-electron chi connectivity index (χ2n) is 6.24. The van der Waals surface area contributed by atoms with Gasteiger partial charge in [-0.05, 0) is 26.0 Å². The van der Waals surface area contributed by atoms with Gasteiger partial charge in [0.1, 0.15) is 5.75 Å². The number of amides is 1. The van der Waals surface area contributed by atoms with E-state index in [9.17, 15) is 9.59 Å². The maximum atomic E-state index is 12.6. The molecule has 3 rings (SSSR count). The summed E-state index contributed by atoms with van der Waals surface area (Å²) >= 11 is 0. The molecule has 0 radical (unpaired) electrons. The van der Waals surface area contributed by atoms with Crippen LogP contribution in [0, 0.1) is 0 Å². The largest absolute Gasteiger partial charge is 0.495 e. The Bertz CT molecular complexity index is 845. The highest BCUT2D eigenvalue weighted by molar-refractivity contribution is 5.97. The van der Waals surface area contributed by atoms with Crippen LogP contribution in [0.2, 0.25) is 0 Å². The third-order valence-electron chi connectivity index (χ3n) is 4.73. The van der Waals surface area contributed by atoms with Crippen molar-refractivity contribution in [2.75, 3.05) is 36.5 Å². The lowest BCUT2D eigenvalue weighted by Gasteiger charge is -2.21. The topological polar surface area (TPSA) is 78.5 Å². The molecule has 0 bridgehead atoms. The molecule has 138 valence electrons. The molecule has 1 aliphatic heterocycles. The molecule has 1 fully saturated rings. The second-order valence-corrected chi connectivity index (χ2v) is 6.24. The van der Waals surface area contributed by atoms with Gasteiger partial charge >= 0.3 is 0 Å². The molecule has 1 atom stereocenters. The number of aromatic nitrogens is 2. The quantitative estimate of drug-likeness (QED) is 0.858. The second kappa shape index (κ2) is 7.59. The summed E-state index contributed by atoms with van der Waals surface area (Å²) in [4.78, 5) is 35.8. The van der Waals surface area contributed by atoms with E-state index in [-0.39, 0.29) is 17.4 Å². The molecule has 1 saturated heterocycles. The summed E-state index contributed by atoms with van der Waals surface area (Å²) in [5.74, 6) is 1.10. The van der Waals surface area contributed by atoms with E-state index >= 15 is 0 Å². The zero-order valence-corrected chi connectivity index (χ0v) is 15.4. The number of rotatable bonds is 6. The number of aromatic amines is 1. The van der Waals surface area contributed by atoms with Crippen molar-refractivity contribution in [1.29, 1.82) is 0 Å². The maximum Gasteiger partial charge on any atom is 0.252 e. The lowest BCUT2D eigenvalue weighted by molar-refractivity contribution is -0.117. The zero-order chi connectivity index (χ0) is 18.7. The van der Waals surface area contributed by atoms with Gasteiger partial charge in [0, 0.05) is 38.0 Å². The molecule has 1 aromatic carbocycles. The van der Waals surface area contributed by atoms with E-state index in [0.717, 1.165) is 18.8 Å². The molecule has 2 heterocycles. The van der Waals surface area contributed by atoms with Gasteiger partial charge in [-0.1, -0.05) is 12.1 Å². The van der Waals surface area contributed by atoms with Crippen molar-refractivity contribution in [3.05, 3.63) is 46.4 Å². The van der Waals surface area contributed by atoms with Gasteiger partial charge in [-0.25, -0.2) is 4.98 Å². The Morgan fingerprint density at radius 3 is 2.69 bits per heavy atom. The third-order valence-corrected chi connectivity index (χ3v) is 4.73. The molecule has 1 aliphatic rings. The Morgan fingerprint density at radius 1 is 1.27 bits per heavy atom. The smallest absolute Gasteiger partial charge is 0.252 e. The van der Waals surface area contributed by atoms with Crippen LogP contribution in [0.4, 0.5) is 11.6 Å². The van der Waals surface area contributed by atoms with E-state index in [1.165, 1.54) is 6.07 Å². The number of anilines is 2. The van der Waals surface area contributed by atoms with Gasteiger partial charge in [0.15, 0.2) is 0 Å². The molecule has 0 saturated carbocycles. The average Bonchev–Trinajstić information content (AvgIpc) is 3.04. The lowest BCUT2D eigenvalue weighted by Crippen LogP contribution is -2.28. The van der Waals surface area contributed by atoms with Gasteiger partial charge in [-0.3, -0.25) is 14.6 Å². The monoisotopic (exact) mass is 356 g/mol. The fraction of sp³-hybridized carbons (Fsp3) is 0.421. The van der Waals surface area contributed by atoms with Crippen LogP contribution in [0.3, 0.4) is 0 Å². The van der Waals surface area contributed by atoms with Crippen LogP contribution < -0.4 is 20.1 Å². The minimum absolute atomic E-state index is 0.00553. The summed E-state index contributed by atoms with van der Waals surface area (Å²) in [6, 6.07) is 8.94. The summed E-state index contributed by atoms with van der Waals surface area (Å²) in [7, 11) is 1.59. The number of hydrogen-bond acceptors (Lipinski definition) is 5. The van der Waals surface area contributed by atoms with E-state index in [4.69, 9.17) is 4.74 Å². The first kappa shape index (κ1) is 18.0. The average molecular weight is 356 g/mol. The summed E-state index contributed by atoms with van der Waals surface area (Å²) in [5.41, 5.74) is 1.21. The van der Waals surface area contributed by atoms with Gasteiger partial charge in [-0.2, -0.15) is 0 Å². The van der Waals surface area contributed by atoms with Crippen molar-refractivity contribution < 1.29 is 9.53 Å². The van der Waals surface area contributed by atoms with Crippen LogP contribution in [0.5, 0.6) is 5.75 Å². The highest BCUT2D eigenvalue weighted by atomic mass is 16.5. The standard InChI is InChI=1S/C19H24N4O3/c1-4-22(5-2)19-20-14(11-17(24)21-19)13-10-18(25)23(12-13)15-8-6-7-9-16(15)26-3/h6-9,11,13H,4-5,10,12H2,1-3H3,(H,20,21,24)/t13-/m0/s1. The maximum absolute atomic E-state index is 12.6. The summed E-state index contributed by atoms with van der Waals surface area (Å²) in [6.07, 6.45) is 0.326. The van der Waals surface area contributed by atoms with Gasteiger partial charge in [0.2, 0.25) is 11.9 Å². The van der Waals surface area contributed by atoms with Crippen LogP contribution in [0.15, 0.2) is 35.1 Å². The van der Waals surface area contributed by atoms with Crippen molar-refractivity contribution in [1.82, 2.24) is 9.97 Å². The van der Waals surface area contributed by atoms with Crippen molar-refractivity contribution in [3.8, 4) is 5.75 Å². The van der Waals surface area contributed by atoms with Crippen LogP contribution in [-0.2, 0) is 4.79 Å². The molecule has 7 nitrogen and oxygen atoms in total. The molecule has 2 aromatic rings. The number of H-pyrrole nitrogens is 1. The van der Waals surface area contributed by atoms with Crippen molar-refractivity contribution >= 4 is 17.5 Å². The Hall–Kier alpha value is -2.83. The van der Waals surface area contributed by atoms with Gasteiger partial charge < -0.3 is 14.5 Å². The predicted molar refractivity (Wildman–Crippen MR) is 101 cm³/mol. The molecule has 0 unspecified atom stereocenters. The van der Waals surface area contributed by atoms with E-state index in [0.29, 0.717) is 30.4 Å². The number of hydrogen-bond donors (Lipinski definition) is 1. The first-order valence-corrected chi connectivity index (χ1v) is 8.86. The normalized spacial score (nSPS) is 16.8. The molecule has 1 aromatic heterocycles. The highest BCUT2D eigenvalue weighted by Gasteiger charge is 2.34. The van der Waals surface area contributed by atoms with Crippen molar-refractivity contribution in [2.45, 2.75) is 26.2 Å². The molecule has 0 aliphatic carbocycles. The molecule has 0 spiro atoms. The van der Waals surface area contributed by atoms with Gasteiger partial charge in [0.25, 0.3) is 5.56 Å². The fourth-order valence-corrected chi connectivity index (χ4v) is 3.34. The zero-order valence-electron chi connectivity index (χ0n) is 15.4. The molecule has 1 amide bonds. The minimum atomic E-state index is -0.194. The highest BCUT2D eigenvalue weighted by Crippen LogP contribution is 2.35. The first-order chi connectivity index (χ1) is 12.6. The third kappa shape index (κ3) is 3.42. The van der Waals surface area contributed by atoms with Gasteiger partial charge in [0.05, 0.1) is 18.5 Å². The fourth-order valence-electron chi connectivity index (χ4n) is 3.34. The van der Waals surface area contributed by atoms with Gasteiger partial charge in [-0.15, -0.1) is 0 Å². The molecular weight excluding hydrogens is 332 g/mol.